The highest BCUT2D eigenvalue weighted by Gasteiger charge is 2.30. The minimum absolute atomic E-state index is 0.0741. The molecule has 21 heavy (non-hydrogen) atoms. The van der Waals surface area contributed by atoms with Crippen molar-refractivity contribution in [2.45, 2.75) is 19.4 Å². The fraction of sp³-hybridized carbons (Fsp3) is 0.429. The molecule has 1 atom stereocenters. The molecule has 2 rings (SSSR count). The van der Waals surface area contributed by atoms with Crippen LogP contribution >= 0.6 is 11.6 Å². The zero-order chi connectivity index (χ0) is 15.4. The van der Waals surface area contributed by atoms with Crippen LogP contribution in [0.15, 0.2) is 18.2 Å². The molecular formula is C14H16ClFN2O3. The van der Waals surface area contributed by atoms with Crippen LogP contribution in [-0.2, 0) is 14.3 Å². The number of carbonyl (C=O) groups is 2. The predicted molar refractivity (Wildman–Crippen MR) is 76.7 cm³/mol. The van der Waals surface area contributed by atoms with E-state index < -0.39 is 11.9 Å². The molecule has 0 unspecified atom stereocenters. The Morgan fingerprint density at radius 1 is 1.57 bits per heavy atom. The summed E-state index contributed by atoms with van der Waals surface area (Å²) >= 11 is 5.64. The van der Waals surface area contributed by atoms with Crippen LogP contribution < -0.4 is 5.32 Å². The van der Waals surface area contributed by atoms with Gasteiger partial charge in [-0.2, -0.15) is 0 Å². The summed E-state index contributed by atoms with van der Waals surface area (Å²) in [6, 6.07) is 3.89. The minimum Gasteiger partial charge on any atom is -0.366 e. The van der Waals surface area contributed by atoms with E-state index in [4.69, 9.17) is 16.3 Å². The van der Waals surface area contributed by atoms with Crippen LogP contribution in [0.4, 0.5) is 10.1 Å². The van der Waals surface area contributed by atoms with Crippen LogP contribution in [-0.4, -0.2) is 42.5 Å². The average Bonchev–Trinajstić information content (AvgIpc) is 2.45. The van der Waals surface area contributed by atoms with Gasteiger partial charge >= 0.3 is 0 Å². The zero-order valence-corrected chi connectivity index (χ0v) is 12.3. The summed E-state index contributed by atoms with van der Waals surface area (Å²) in [7, 11) is 0. The lowest BCUT2D eigenvalue weighted by Gasteiger charge is -2.31. The molecule has 0 bridgehead atoms. The number of halogens is 2. The van der Waals surface area contributed by atoms with E-state index in [1.54, 1.807) is 4.90 Å². The summed E-state index contributed by atoms with van der Waals surface area (Å²) in [4.78, 5) is 25.6. The number of morpholine rings is 1. The maximum Gasteiger partial charge on any atom is 0.252 e. The highest BCUT2D eigenvalue weighted by atomic mass is 35.5. The van der Waals surface area contributed by atoms with E-state index >= 15 is 0 Å². The number of nitrogens with one attached hydrogen (secondary N) is 1. The summed E-state index contributed by atoms with van der Waals surface area (Å²) in [5, 5.41) is 2.50. The lowest BCUT2D eigenvalue weighted by Crippen LogP contribution is -2.48. The molecule has 7 heteroatoms. The third-order valence-electron chi connectivity index (χ3n) is 3.22. The third-order valence-corrected chi connectivity index (χ3v) is 3.51. The number of benzene rings is 1. The quantitative estimate of drug-likeness (QED) is 0.925. The summed E-state index contributed by atoms with van der Waals surface area (Å²) in [6.07, 6.45) is -0.848. The van der Waals surface area contributed by atoms with Gasteiger partial charge < -0.3 is 15.0 Å². The van der Waals surface area contributed by atoms with Crippen molar-refractivity contribution in [2.24, 2.45) is 0 Å². The Labute approximate surface area is 127 Å². The van der Waals surface area contributed by atoms with Gasteiger partial charge in [0.15, 0.2) is 0 Å². The van der Waals surface area contributed by atoms with Gasteiger partial charge in [0.2, 0.25) is 5.91 Å². The second kappa shape index (κ2) is 6.87. The first-order chi connectivity index (χ1) is 10.0. The summed E-state index contributed by atoms with van der Waals surface area (Å²) in [5.74, 6) is -1.12. The summed E-state index contributed by atoms with van der Waals surface area (Å²) < 4.78 is 18.4. The largest absolute Gasteiger partial charge is 0.366 e. The molecule has 1 aliphatic rings. The highest BCUT2D eigenvalue weighted by Crippen LogP contribution is 2.20. The van der Waals surface area contributed by atoms with Gasteiger partial charge in [-0.15, -0.1) is 0 Å². The second-order valence-corrected chi connectivity index (χ2v) is 5.07. The van der Waals surface area contributed by atoms with Crippen LogP contribution in [0.5, 0.6) is 0 Å². The van der Waals surface area contributed by atoms with E-state index in [0.29, 0.717) is 25.4 Å². The number of nitrogens with zero attached hydrogens (tertiary/aromatic N) is 1. The lowest BCUT2D eigenvalue weighted by molar-refractivity contribution is -0.154. The molecule has 0 saturated carbocycles. The number of amides is 2. The smallest absolute Gasteiger partial charge is 0.252 e. The molecule has 0 aliphatic carbocycles. The predicted octanol–water partition coefficient (Wildman–Crippen LogP) is 2.05. The van der Waals surface area contributed by atoms with Crippen molar-refractivity contribution in [1.29, 1.82) is 0 Å². The van der Waals surface area contributed by atoms with Crippen molar-refractivity contribution in [2.75, 3.05) is 25.0 Å². The zero-order valence-electron chi connectivity index (χ0n) is 11.6. The Morgan fingerprint density at radius 3 is 3.00 bits per heavy atom. The van der Waals surface area contributed by atoms with Gasteiger partial charge in [-0.05, 0) is 25.1 Å². The van der Waals surface area contributed by atoms with Crippen LogP contribution in [0.3, 0.4) is 0 Å². The van der Waals surface area contributed by atoms with Gasteiger partial charge in [0.05, 0.1) is 18.1 Å². The number of carbonyl (C=O) groups excluding carboxylic acids is 2. The Bertz CT molecular complexity index is 553. The van der Waals surface area contributed by atoms with Gasteiger partial charge in [-0.1, -0.05) is 11.6 Å². The first-order valence-electron chi connectivity index (χ1n) is 6.66. The molecule has 1 aromatic rings. The Hall–Kier alpha value is -1.66. The normalized spacial score (nSPS) is 18.7. The van der Waals surface area contributed by atoms with E-state index in [-0.39, 0.29) is 23.3 Å². The van der Waals surface area contributed by atoms with Gasteiger partial charge in [-0.25, -0.2) is 4.39 Å². The number of hydrogen-bond donors (Lipinski definition) is 1. The van der Waals surface area contributed by atoms with E-state index in [1.165, 1.54) is 18.2 Å². The van der Waals surface area contributed by atoms with E-state index in [2.05, 4.69) is 5.32 Å². The molecule has 0 spiro atoms. The summed E-state index contributed by atoms with van der Waals surface area (Å²) in [5.41, 5.74) is 0.377. The van der Waals surface area contributed by atoms with E-state index in [0.717, 1.165) is 0 Å². The molecule has 1 aromatic carbocycles. The number of ether oxygens (including phenoxy) is 1. The Balaban J connectivity index is 1.95. The Kier molecular flexibility index (Phi) is 5.14. The molecule has 1 N–H and O–H groups in total. The minimum atomic E-state index is -0.769. The molecule has 114 valence electrons. The lowest BCUT2D eigenvalue weighted by atomic mass is 10.1. The molecule has 0 aromatic heterocycles. The topological polar surface area (TPSA) is 58.6 Å². The van der Waals surface area contributed by atoms with Gasteiger partial charge in [0, 0.05) is 18.8 Å². The fourth-order valence-corrected chi connectivity index (χ4v) is 2.29. The van der Waals surface area contributed by atoms with Gasteiger partial charge in [-0.3, -0.25) is 9.59 Å². The Morgan fingerprint density at radius 2 is 2.33 bits per heavy atom. The summed E-state index contributed by atoms with van der Waals surface area (Å²) in [6.45, 7) is 3.43. The van der Waals surface area contributed by atoms with E-state index in [1.807, 2.05) is 6.92 Å². The molecule has 1 fully saturated rings. The maximum absolute atomic E-state index is 13.0. The maximum atomic E-state index is 13.0. The monoisotopic (exact) mass is 314 g/mol. The SMILES string of the molecule is CCN1CCO[C@H](CC(=O)Nc2ccc(F)c(Cl)c2)C1=O. The first-order valence-corrected chi connectivity index (χ1v) is 7.04. The number of rotatable bonds is 4. The van der Waals surface area contributed by atoms with Gasteiger partial charge in [0.25, 0.3) is 5.91 Å². The third kappa shape index (κ3) is 3.92. The number of hydrogen-bond acceptors (Lipinski definition) is 3. The van der Waals surface area contributed by atoms with Crippen molar-refractivity contribution < 1.29 is 18.7 Å². The first kappa shape index (κ1) is 15.7. The fourth-order valence-electron chi connectivity index (χ4n) is 2.10. The van der Waals surface area contributed by atoms with Crippen molar-refractivity contribution in [1.82, 2.24) is 4.90 Å². The number of anilines is 1. The number of likely N-dealkylation sites (N-methyl/N-ethyl adjacent to an activating group) is 1. The van der Waals surface area contributed by atoms with Crippen LogP contribution in [0.2, 0.25) is 5.02 Å². The van der Waals surface area contributed by atoms with Crippen LogP contribution in [0, 0.1) is 5.82 Å². The molecule has 0 radical (unpaired) electrons. The van der Waals surface area contributed by atoms with Gasteiger partial charge in [0.1, 0.15) is 11.9 Å². The van der Waals surface area contributed by atoms with Crippen molar-refractivity contribution in [3.05, 3.63) is 29.0 Å². The van der Waals surface area contributed by atoms with Crippen molar-refractivity contribution in [3.8, 4) is 0 Å². The van der Waals surface area contributed by atoms with Crippen molar-refractivity contribution >= 4 is 29.1 Å². The second-order valence-electron chi connectivity index (χ2n) is 4.66. The molecule has 1 aliphatic heterocycles. The molecule has 1 heterocycles. The average molecular weight is 315 g/mol. The van der Waals surface area contributed by atoms with Crippen LogP contribution in [0.25, 0.3) is 0 Å². The van der Waals surface area contributed by atoms with Crippen LogP contribution in [0.1, 0.15) is 13.3 Å². The molecule has 5 nitrogen and oxygen atoms in total. The van der Waals surface area contributed by atoms with Crippen molar-refractivity contribution in [3.63, 3.8) is 0 Å². The van der Waals surface area contributed by atoms with E-state index in [9.17, 15) is 14.0 Å². The standard InChI is InChI=1S/C14H16ClFN2O3/c1-2-18-5-6-21-12(14(18)20)8-13(19)17-9-3-4-11(16)10(15)7-9/h3-4,7,12H,2,5-6,8H2,1H3,(H,17,19)/t12-/m1/s1. The molecular weight excluding hydrogens is 299 g/mol. The molecule has 1 saturated heterocycles. The highest BCUT2D eigenvalue weighted by molar-refractivity contribution is 6.31. The molecule has 2 amide bonds.